The molecule has 0 aromatic rings. The Balaban J connectivity index is 1.93. The molecule has 0 bridgehead atoms. The summed E-state index contributed by atoms with van der Waals surface area (Å²) in [6.07, 6.45) is 3.91. The quantitative estimate of drug-likeness (QED) is 0.785. The summed E-state index contributed by atoms with van der Waals surface area (Å²) < 4.78 is 0. The summed E-state index contributed by atoms with van der Waals surface area (Å²) in [6, 6.07) is 2.48. The van der Waals surface area contributed by atoms with Crippen molar-refractivity contribution >= 4 is 0 Å². The summed E-state index contributed by atoms with van der Waals surface area (Å²) in [6.45, 7) is 10.7. The first-order chi connectivity index (χ1) is 7.58. The fraction of sp³-hybridized carbons (Fsp3) is 1.00. The highest BCUT2D eigenvalue weighted by Crippen LogP contribution is 2.26. The van der Waals surface area contributed by atoms with Crippen molar-refractivity contribution in [1.29, 1.82) is 0 Å². The van der Waals surface area contributed by atoms with Crippen LogP contribution in [0.2, 0.25) is 0 Å². The molecule has 16 heavy (non-hydrogen) atoms. The fourth-order valence-corrected chi connectivity index (χ4v) is 3.50. The molecular formula is C13H27N3. The molecular weight excluding hydrogens is 198 g/mol. The third-order valence-electron chi connectivity index (χ3n) is 4.26. The van der Waals surface area contributed by atoms with E-state index in [1.807, 2.05) is 0 Å². The van der Waals surface area contributed by atoms with Crippen molar-refractivity contribution in [2.75, 3.05) is 19.6 Å². The van der Waals surface area contributed by atoms with E-state index in [-0.39, 0.29) is 0 Å². The lowest BCUT2D eigenvalue weighted by Gasteiger charge is -2.45. The normalized spacial score (nSPS) is 36.0. The summed E-state index contributed by atoms with van der Waals surface area (Å²) in [5.74, 6) is 0. The van der Waals surface area contributed by atoms with Crippen LogP contribution in [0, 0.1) is 0 Å². The minimum absolute atomic E-state index is 0.323. The number of fused-ring (bicyclic) bond motifs is 1. The zero-order chi connectivity index (χ0) is 11.7. The minimum atomic E-state index is 0.323. The molecule has 2 rings (SSSR count). The van der Waals surface area contributed by atoms with Gasteiger partial charge >= 0.3 is 0 Å². The number of nitrogens with two attached hydrogens (primary N) is 1. The highest BCUT2D eigenvalue weighted by Gasteiger charge is 2.36. The predicted molar refractivity (Wildman–Crippen MR) is 68.5 cm³/mol. The van der Waals surface area contributed by atoms with Gasteiger partial charge < -0.3 is 5.73 Å². The van der Waals surface area contributed by atoms with Gasteiger partial charge in [-0.2, -0.15) is 0 Å². The van der Waals surface area contributed by atoms with Crippen LogP contribution in [-0.4, -0.2) is 53.6 Å². The van der Waals surface area contributed by atoms with Crippen molar-refractivity contribution in [2.45, 2.75) is 64.2 Å². The second kappa shape index (κ2) is 5.03. The van der Waals surface area contributed by atoms with Crippen LogP contribution in [0.4, 0.5) is 0 Å². The number of nitrogens with zero attached hydrogens (tertiary/aromatic N) is 2. The average molecular weight is 225 g/mol. The van der Waals surface area contributed by atoms with E-state index < -0.39 is 0 Å². The molecule has 2 heterocycles. The molecule has 0 spiro atoms. The molecule has 4 atom stereocenters. The number of hydrogen-bond donors (Lipinski definition) is 1. The van der Waals surface area contributed by atoms with Crippen molar-refractivity contribution in [1.82, 2.24) is 9.80 Å². The van der Waals surface area contributed by atoms with Gasteiger partial charge in [0.25, 0.3) is 0 Å². The Morgan fingerprint density at radius 1 is 1.31 bits per heavy atom. The Kier molecular flexibility index (Phi) is 3.88. The molecule has 3 nitrogen and oxygen atoms in total. The van der Waals surface area contributed by atoms with E-state index in [4.69, 9.17) is 5.73 Å². The zero-order valence-corrected chi connectivity index (χ0v) is 11.0. The molecule has 3 heteroatoms. The first kappa shape index (κ1) is 12.3. The SMILES string of the molecule is CC(N)CC(C)N1CC2CCCN2CC1C. The van der Waals surface area contributed by atoms with Gasteiger partial charge in [-0.25, -0.2) is 0 Å². The molecule has 4 unspecified atom stereocenters. The summed E-state index contributed by atoms with van der Waals surface area (Å²) in [4.78, 5) is 5.36. The molecule has 94 valence electrons. The first-order valence-electron chi connectivity index (χ1n) is 6.83. The maximum atomic E-state index is 5.92. The van der Waals surface area contributed by atoms with Gasteiger partial charge in [-0.3, -0.25) is 9.80 Å². The lowest BCUT2D eigenvalue weighted by atomic mass is 10.0. The van der Waals surface area contributed by atoms with Gasteiger partial charge in [0.05, 0.1) is 0 Å². The summed E-state index contributed by atoms with van der Waals surface area (Å²) in [5, 5.41) is 0. The topological polar surface area (TPSA) is 32.5 Å². The lowest BCUT2D eigenvalue weighted by molar-refractivity contribution is 0.0292. The molecule has 0 saturated carbocycles. The Morgan fingerprint density at radius 2 is 2.06 bits per heavy atom. The van der Waals surface area contributed by atoms with Crippen molar-refractivity contribution in [3.05, 3.63) is 0 Å². The maximum absolute atomic E-state index is 5.92. The van der Waals surface area contributed by atoms with Gasteiger partial charge in [0, 0.05) is 37.3 Å². The smallest absolute Gasteiger partial charge is 0.0224 e. The van der Waals surface area contributed by atoms with E-state index in [0.29, 0.717) is 18.1 Å². The van der Waals surface area contributed by atoms with Crippen LogP contribution in [0.25, 0.3) is 0 Å². The van der Waals surface area contributed by atoms with E-state index >= 15 is 0 Å². The molecule has 0 amide bonds. The van der Waals surface area contributed by atoms with Gasteiger partial charge in [0.2, 0.25) is 0 Å². The highest BCUT2D eigenvalue weighted by atomic mass is 15.3. The molecule has 2 aliphatic heterocycles. The van der Waals surface area contributed by atoms with Crippen LogP contribution in [-0.2, 0) is 0 Å². The molecule has 0 aromatic carbocycles. The Labute approximate surface area is 100.0 Å². The average Bonchev–Trinajstić information content (AvgIpc) is 2.61. The number of rotatable bonds is 3. The third-order valence-corrected chi connectivity index (χ3v) is 4.26. The molecule has 2 saturated heterocycles. The summed E-state index contributed by atoms with van der Waals surface area (Å²) >= 11 is 0. The monoisotopic (exact) mass is 225 g/mol. The standard InChI is InChI=1S/C13H27N3/c1-10(14)7-11(2)16-9-13-5-4-6-15(13)8-12(16)3/h10-13H,4-9,14H2,1-3H3. The van der Waals surface area contributed by atoms with Crippen molar-refractivity contribution in [2.24, 2.45) is 5.73 Å². The molecule has 0 aliphatic carbocycles. The van der Waals surface area contributed by atoms with E-state index in [9.17, 15) is 0 Å². The van der Waals surface area contributed by atoms with Crippen molar-refractivity contribution < 1.29 is 0 Å². The van der Waals surface area contributed by atoms with Crippen LogP contribution in [0.3, 0.4) is 0 Å². The molecule has 2 aliphatic rings. The van der Waals surface area contributed by atoms with Crippen LogP contribution >= 0.6 is 0 Å². The lowest BCUT2D eigenvalue weighted by Crippen LogP contribution is -2.57. The number of hydrogen-bond acceptors (Lipinski definition) is 3. The number of piperazine rings is 1. The van der Waals surface area contributed by atoms with Crippen LogP contribution < -0.4 is 5.73 Å². The molecule has 2 N–H and O–H groups in total. The Bertz CT molecular complexity index is 229. The molecule has 0 radical (unpaired) electrons. The van der Waals surface area contributed by atoms with Crippen LogP contribution in [0.1, 0.15) is 40.0 Å². The first-order valence-corrected chi connectivity index (χ1v) is 6.83. The van der Waals surface area contributed by atoms with Gasteiger partial charge in [0.15, 0.2) is 0 Å². The Hall–Kier alpha value is -0.120. The fourth-order valence-electron chi connectivity index (χ4n) is 3.50. The zero-order valence-electron chi connectivity index (χ0n) is 11.0. The van der Waals surface area contributed by atoms with E-state index in [1.54, 1.807) is 0 Å². The van der Waals surface area contributed by atoms with E-state index in [1.165, 1.54) is 32.5 Å². The van der Waals surface area contributed by atoms with E-state index in [2.05, 4.69) is 30.6 Å². The van der Waals surface area contributed by atoms with Crippen LogP contribution in [0.5, 0.6) is 0 Å². The maximum Gasteiger partial charge on any atom is 0.0224 e. The van der Waals surface area contributed by atoms with Crippen LogP contribution in [0.15, 0.2) is 0 Å². The minimum Gasteiger partial charge on any atom is -0.328 e. The van der Waals surface area contributed by atoms with Gasteiger partial charge in [-0.1, -0.05) is 0 Å². The van der Waals surface area contributed by atoms with Gasteiger partial charge in [-0.15, -0.1) is 0 Å². The van der Waals surface area contributed by atoms with Crippen molar-refractivity contribution in [3.63, 3.8) is 0 Å². The highest BCUT2D eigenvalue weighted by molar-refractivity contribution is 4.92. The molecule has 2 fully saturated rings. The second-order valence-corrected chi connectivity index (χ2v) is 5.90. The van der Waals surface area contributed by atoms with E-state index in [0.717, 1.165) is 12.5 Å². The molecule has 0 aromatic heterocycles. The second-order valence-electron chi connectivity index (χ2n) is 5.90. The summed E-state index contributed by atoms with van der Waals surface area (Å²) in [7, 11) is 0. The van der Waals surface area contributed by atoms with Gasteiger partial charge in [-0.05, 0) is 46.6 Å². The third kappa shape index (κ3) is 2.58. The predicted octanol–water partition coefficient (Wildman–Crippen LogP) is 1.28. The van der Waals surface area contributed by atoms with Crippen molar-refractivity contribution in [3.8, 4) is 0 Å². The Morgan fingerprint density at radius 3 is 2.75 bits per heavy atom. The van der Waals surface area contributed by atoms with Gasteiger partial charge in [0.1, 0.15) is 0 Å². The summed E-state index contributed by atoms with van der Waals surface area (Å²) in [5.41, 5.74) is 5.92. The largest absolute Gasteiger partial charge is 0.328 e.